The molecule has 37 heavy (non-hydrogen) atoms. The Labute approximate surface area is 216 Å². The van der Waals surface area contributed by atoms with E-state index in [-0.39, 0.29) is 35.3 Å². The molecule has 0 unspecified atom stereocenters. The first kappa shape index (κ1) is 24.9. The molecule has 0 aliphatic carbocycles. The molecule has 196 valence electrons. The Bertz CT molecular complexity index is 1360. The van der Waals surface area contributed by atoms with Crippen molar-refractivity contribution in [2.75, 3.05) is 26.7 Å². The van der Waals surface area contributed by atoms with E-state index in [9.17, 15) is 14.4 Å². The average Bonchev–Trinajstić information content (AvgIpc) is 3.29. The minimum absolute atomic E-state index is 0.0217. The van der Waals surface area contributed by atoms with E-state index in [1.54, 1.807) is 19.2 Å². The molecule has 9 nitrogen and oxygen atoms in total. The summed E-state index contributed by atoms with van der Waals surface area (Å²) in [5.41, 5.74) is 3.13. The van der Waals surface area contributed by atoms with E-state index in [1.807, 2.05) is 53.8 Å². The van der Waals surface area contributed by atoms with Crippen LogP contribution in [0.25, 0.3) is 10.9 Å². The molecule has 1 fully saturated rings. The fourth-order valence-corrected chi connectivity index (χ4v) is 5.74. The molecule has 0 radical (unpaired) electrons. The zero-order chi connectivity index (χ0) is 26.1. The number of ether oxygens (including phenoxy) is 1. The number of nitrogens with zero attached hydrogens (tertiary/aromatic N) is 2. The lowest BCUT2D eigenvalue weighted by molar-refractivity contribution is -0.123. The van der Waals surface area contributed by atoms with Gasteiger partial charge >= 0.3 is 6.03 Å². The number of rotatable bonds is 7. The van der Waals surface area contributed by atoms with Crippen molar-refractivity contribution < 1.29 is 14.3 Å². The first-order valence-electron chi connectivity index (χ1n) is 13.0. The quantitative estimate of drug-likeness (QED) is 0.459. The predicted octanol–water partition coefficient (Wildman–Crippen LogP) is 2.85. The first-order chi connectivity index (χ1) is 17.8. The van der Waals surface area contributed by atoms with Crippen molar-refractivity contribution >= 4 is 22.8 Å². The summed E-state index contributed by atoms with van der Waals surface area (Å²) in [5.74, 6) is 0.906. The van der Waals surface area contributed by atoms with Crippen LogP contribution in [0.1, 0.15) is 37.4 Å². The van der Waals surface area contributed by atoms with Crippen molar-refractivity contribution in [2.24, 2.45) is 11.8 Å². The number of nitrogens with one attached hydrogen (secondary N) is 3. The van der Waals surface area contributed by atoms with Crippen LogP contribution in [0.4, 0.5) is 4.79 Å². The number of pyridine rings is 1. The highest BCUT2D eigenvalue weighted by Gasteiger charge is 2.37. The number of likely N-dealkylation sites (tertiary alicyclic amines) is 1. The van der Waals surface area contributed by atoms with Crippen molar-refractivity contribution in [2.45, 2.75) is 45.2 Å². The lowest BCUT2D eigenvalue weighted by atomic mass is 9.83. The third kappa shape index (κ3) is 5.08. The van der Waals surface area contributed by atoms with Crippen LogP contribution >= 0.6 is 0 Å². The molecule has 3 N–H and O–H groups in total. The monoisotopic (exact) mass is 505 g/mol. The van der Waals surface area contributed by atoms with Gasteiger partial charge in [-0.2, -0.15) is 0 Å². The lowest BCUT2D eigenvalue weighted by Gasteiger charge is -2.43. The van der Waals surface area contributed by atoms with Gasteiger partial charge in [0.15, 0.2) is 0 Å². The fraction of sp³-hybridized carbons (Fsp3) is 0.464. The Hall–Kier alpha value is -3.75. The number of fused-ring (bicyclic) bond motifs is 5. The van der Waals surface area contributed by atoms with Gasteiger partial charge in [0.2, 0.25) is 5.91 Å². The number of carbonyl (C=O) groups is 2. The summed E-state index contributed by atoms with van der Waals surface area (Å²) in [6, 6.07) is 10.4. The summed E-state index contributed by atoms with van der Waals surface area (Å²) in [7, 11) is 1.64. The van der Waals surface area contributed by atoms with Gasteiger partial charge in [0.25, 0.3) is 5.56 Å². The molecule has 3 amide bonds. The molecule has 2 aliphatic rings. The van der Waals surface area contributed by atoms with Crippen LogP contribution in [-0.2, 0) is 17.8 Å². The standard InChI is InChI=1S/C28H35N5O4/c1-17(2)26(27(35)29-10-9-19-13-30-23-8-7-21(37-3)12-22(19)23)31-28(36)32-14-18-11-20(16-32)24-5-4-6-25(34)33(24)15-18/h4-8,12-13,17-18,20,26,30H,9-11,14-16H2,1-3H3,(H,29,35)(H,31,36)/t18-,20+,26-/m0/s1. The van der Waals surface area contributed by atoms with Crippen LogP contribution in [0.3, 0.4) is 0 Å². The van der Waals surface area contributed by atoms with Gasteiger partial charge < -0.3 is 29.8 Å². The van der Waals surface area contributed by atoms with Gasteiger partial charge in [0, 0.05) is 61.0 Å². The molecular formula is C28H35N5O4. The topological polar surface area (TPSA) is 108 Å². The summed E-state index contributed by atoms with van der Waals surface area (Å²) in [5, 5.41) is 7.06. The molecule has 2 aliphatic heterocycles. The van der Waals surface area contributed by atoms with E-state index in [0.717, 1.165) is 34.3 Å². The molecule has 9 heteroatoms. The highest BCUT2D eigenvalue weighted by atomic mass is 16.5. The van der Waals surface area contributed by atoms with Crippen LogP contribution in [0, 0.1) is 11.8 Å². The molecule has 0 spiro atoms. The number of piperidine rings is 1. The average molecular weight is 506 g/mol. The Balaban J connectivity index is 1.19. The molecule has 4 heterocycles. The molecular weight excluding hydrogens is 470 g/mol. The summed E-state index contributed by atoms with van der Waals surface area (Å²) < 4.78 is 7.19. The van der Waals surface area contributed by atoms with Crippen LogP contribution in [0.2, 0.25) is 0 Å². The number of amides is 3. The highest BCUT2D eigenvalue weighted by molar-refractivity contribution is 5.88. The highest BCUT2D eigenvalue weighted by Crippen LogP contribution is 2.35. The maximum Gasteiger partial charge on any atom is 0.318 e. The number of H-pyrrole nitrogens is 1. The second-order valence-electron chi connectivity index (χ2n) is 10.5. The maximum absolute atomic E-state index is 13.2. The SMILES string of the molecule is COc1ccc2[nH]cc(CCNC(=O)[C@@H](NC(=O)N3C[C@@H]4C[C@H](C3)c3cccc(=O)n3C4)C(C)C)c2c1. The number of hydrogen-bond acceptors (Lipinski definition) is 4. The molecule has 1 aromatic carbocycles. The van der Waals surface area contributed by atoms with Gasteiger partial charge in [0.1, 0.15) is 11.8 Å². The van der Waals surface area contributed by atoms with Gasteiger partial charge in [-0.15, -0.1) is 0 Å². The second kappa shape index (κ2) is 10.3. The van der Waals surface area contributed by atoms with E-state index in [0.29, 0.717) is 32.6 Å². The maximum atomic E-state index is 13.2. The van der Waals surface area contributed by atoms with E-state index in [4.69, 9.17) is 4.74 Å². The Morgan fingerprint density at radius 2 is 2.00 bits per heavy atom. The molecule has 3 aromatic rings. The molecule has 1 saturated heterocycles. The normalized spacial score (nSPS) is 19.4. The van der Waals surface area contributed by atoms with Crippen LogP contribution < -0.4 is 20.9 Å². The zero-order valence-corrected chi connectivity index (χ0v) is 21.6. The predicted molar refractivity (Wildman–Crippen MR) is 142 cm³/mol. The van der Waals surface area contributed by atoms with Gasteiger partial charge in [-0.05, 0) is 54.5 Å². The van der Waals surface area contributed by atoms with Crippen molar-refractivity contribution in [3.8, 4) is 5.75 Å². The third-order valence-electron chi connectivity index (χ3n) is 7.66. The lowest BCUT2D eigenvalue weighted by Crippen LogP contribution is -2.57. The Morgan fingerprint density at radius 3 is 2.78 bits per heavy atom. The first-order valence-corrected chi connectivity index (χ1v) is 13.0. The van der Waals surface area contributed by atoms with Crippen molar-refractivity contribution in [3.63, 3.8) is 0 Å². The molecule has 0 saturated carbocycles. The Morgan fingerprint density at radius 1 is 1.16 bits per heavy atom. The number of aromatic nitrogens is 2. The summed E-state index contributed by atoms with van der Waals surface area (Å²) in [6.07, 6.45) is 3.59. The molecule has 2 bridgehead atoms. The van der Waals surface area contributed by atoms with E-state index >= 15 is 0 Å². The minimum atomic E-state index is -0.632. The van der Waals surface area contributed by atoms with Gasteiger partial charge in [-0.25, -0.2) is 4.79 Å². The molecule has 2 aromatic heterocycles. The van der Waals surface area contributed by atoms with Crippen LogP contribution in [-0.4, -0.2) is 59.2 Å². The number of aromatic amines is 1. The minimum Gasteiger partial charge on any atom is -0.497 e. The van der Waals surface area contributed by atoms with Gasteiger partial charge in [-0.1, -0.05) is 19.9 Å². The molecule has 3 atom stereocenters. The summed E-state index contributed by atoms with van der Waals surface area (Å²) >= 11 is 0. The number of hydrogen-bond donors (Lipinski definition) is 3. The zero-order valence-electron chi connectivity index (χ0n) is 21.6. The van der Waals surface area contributed by atoms with E-state index in [1.165, 1.54) is 0 Å². The van der Waals surface area contributed by atoms with Gasteiger partial charge in [-0.3, -0.25) is 9.59 Å². The number of benzene rings is 1. The summed E-state index contributed by atoms with van der Waals surface area (Å²) in [4.78, 5) is 43.7. The van der Waals surface area contributed by atoms with E-state index in [2.05, 4.69) is 15.6 Å². The van der Waals surface area contributed by atoms with Crippen molar-refractivity contribution in [1.82, 2.24) is 25.1 Å². The second-order valence-corrected chi connectivity index (χ2v) is 10.5. The largest absolute Gasteiger partial charge is 0.497 e. The van der Waals surface area contributed by atoms with Crippen molar-refractivity contribution in [1.29, 1.82) is 0 Å². The number of urea groups is 1. The van der Waals surface area contributed by atoms with Crippen molar-refractivity contribution in [3.05, 3.63) is 64.2 Å². The van der Waals surface area contributed by atoms with Crippen LogP contribution in [0.5, 0.6) is 5.75 Å². The van der Waals surface area contributed by atoms with Crippen LogP contribution in [0.15, 0.2) is 47.4 Å². The van der Waals surface area contributed by atoms with Gasteiger partial charge in [0.05, 0.1) is 7.11 Å². The van der Waals surface area contributed by atoms with E-state index < -0.39 is 6.04 Å². The fourth-order valence-electron chi connectivity index (χ4n) is 5.74. The number of methoxy groups -OCH3 is 1. The molecule has 5 rings (SSSR count). The Kier molecular flexibility index (Phi) is 6.95. The third-order valence-corrected chi connectivity index (χ3v) is 7.66. The number of carbonyl (C=O) groups excluding carboxylic acids is 2. The summed E-state index contributed by atoms with van der Waals surface area (Å²) in [6.45, 7) is 6.08. The smallest absolute Gasteiger partial charge is 0.318 e.